The lowest BCUT2D eigenvalue weighted by Gasteiger charge is -2.28. The molecule has 0 saturated heterocycles. The number of nitrogens with one attached hydrogen (secondary N) is 1. The third-order valence-electron chi connectivity index (χ3n) is 5.82. The Morgan fingerprint density at radius 2 is 1.71 bits per heavy atom. The molecule has 0 saturated carbocycles. The van der Waals surface area contributed by atoms with Gasteiger partial charge in [-0.1, -0.05) is 18.2 Å². The van der Waals surface area contributed by atoms with Gasteiger partial charge in [-0.15, -0.1) is 0 Å². The molecular formula is C24H24F3N3O4. The summed E-state index contributed by atoms with van der Waals surface area (Å²) in [4.78, 5) is 22.1. The summed E-state index contributed by atoms with van der Waals surface area (Å²) in [5.74, 6) is 1.86. The summed E-state index contributed by atoms with van der Waals surface area (Å²) in [5, 5.41) is 0. The summed E-state index contributed by atoms with van der Waals surface area (Å²) in [6.07, 6.45) is -3.93. The highest BCUT2D eigenvalue weighted by Gasteiger charge is 2.30. The Kier molecular flexibility index (Phi) is 6.52. The molecule has 0 unspecified atom stereocenters. The van der Waals surface area contributed by atoms with E-state index in [2.05, 4.69) is 14.9 Å². The van der Waals surface area contributed by atoms with Crippen molar-refractivity contribution >= 4 is 0 Å². The standard InChI is InChI=1S/C24H24F3N3O4/c1-32-19-9-6-15(20(33-2)21(19)34-3)12-30-11-10-17-18(13-30)28-22(29-23(17)31)14-4-7-16(8-5-14)24(25,26)27/h4-9H,10-13H2,1-3H3,(H,28,29,31). The zero-order valence-electron chi connectivity index (χ0n) is 19.0. The van der Waals surface area contributed by atoms with Crippen LogP contribution in [-0.2, 0) is 25.7 Å². The van der Waals surface area contributed by atoms with Crippen molar-refractivity contribution in [1.82, 2.24) is 14.9 Å². The van der Waals surface area contributed by atoms with Crippen LogP contribution in [0.1, 0.15) is 22.4 Å². The number of hydrogen-bond acceptors (Lipinski definition) is 6. The molecule has 1 N–H and O–H groups in total. The third kappa shape index (κ3) is 4.58. The fourth-order valence-electron chi connectivity index (χ4n) is 4.11. The first-order valence-corrected chi connectivity index (χ1v) is 10.5. The molecule has 0 spiro atoms. The average molecular weight is 475 g/mol. The number of benzene rings is 2. The van der Waals surface area contributed by atoms with E-state index in [1.54, 1.807) is 27.4 Å². The van der Waals surface area contributed by atoms with Crippen LogP contribution in [-0.4, -0.2) is 42.7 Å². The normalized spacial score (nSPS) is 13.9. The molecule has 2 aromatic carbocycles. The van der Waals surface area contributed by atoms with Gasteiger partial charge in [-0.2, -0.15) is 13.2 Å². The monoisotopic (exact) mass is 475 g/mol. The number of alkyl halides is 3. The maximum Gasteiger partial charge on any atom is 0.416 e. The molecule has 2 heterocycles. The first-order chi connectivity index (χ1) is 16.2. The lowest BCUT2D eigenvalue weighted by Crippen LogP contribution is -2.35. The maximum atomic E-state index is 12.9. The van der Waals surface area contributed by atoms with Crippen molar-refractivity contribution in [3.05, 3.63) is 69.1 Å². The van der Waals surface area contributed by atoms with Crippen LogP contribution in [0.4, 0.5) is 13.2 Å². The second-order valence-corrected chi connectivity index (χ2v) is 7.87. The fourth-order valence-corrected chi connectivity index (χ4v) is 4.11. The van der Waals surface area contributed by atoms with Crippen LogP contribution < -0.4 is 19.8 Å². The zero-order chi connectivity index (χ0) is 24.5. The van der Waals surface area contributed by atoms with Gasteiger partial charge in [-0.05, 0) is 24.6 Å². The predicted molar refractivity (Wildman–Crippen MR) is 119 cm³/mol. The minimum Gasteiger partial charge on any atom is -0.493 e. The number of aromatic amines is 1. The van der Waals surface area contributed by atoms with Gasteiger partial charge >= 0.3 is 6.18 Å². The number of rotatable bonds is 6. The Morgan fingerprint density at radius 1 is 1.00 bits per heavy atom. The topological polar surface area (TPSA) is 76.7 Å². The van der Waals surface area contributed by atoms with Gasteiger partial charge in [-0.25, -0.2) is 4.98 Å². The summed E-state index contributed by atoms with van der Waals surface area (Å²) < 4.78 is 55.0. The van der Waals surface area contributed by atoms with E-state index in [1.807, 2.05) is 6.07 Å². The molecule has 180 valence electrons. The van der Waals surface area contributed by atoms with Crippen molar-refractivity contribution in [1.29, 1.82) is 0 Å². The highest BCUT2D eigenvalue weighted by atomic mass is 19.4. The quantitative estimate of drug-likeness (QED) is 0.580. The van der Waals surface area contributed by atoms with Crippen molar-refractivity contribution in [2.24, 2.45) is 0 Å². The van der Waals surface area contributed by atoms with Crippen molar-refractivity contribution in [2.45, 2.75) is 25.7 Å². The van der Waals surface area contributed by atoms with E-state index in [9.17, 15) is 18.0 Å². The van der Waals surface area contributed by atoms with Gasteiger partial charge < -0.3 is 19.2 Å². The van der Waals surface area contributed by atoms with Crippen LogP contribution >= 0.6 is 0 Å². The number of fused-ring (bicyclic) bond motifs is 1. The van der Waals surface area contributed by atoms with E-state index < -0.39 is 11.7 Å². The number of halogens is 3. The predicted octanol–water partition coefficient (Wildman–Crippen LogP) is 4.04. The highest BCUT2D eigenvalue weighted by molar-refractivity contribution is 5.57. The van der Waals surface area contributed by atoms with Crippen LogP contribution in [0.3, 0.4) is 0 Å². The molecule has 0 aliphatic carbocycles. The molecule has 1 aliphatic rings. The van der Waals surface area contributed by atoms with Crippen molar-refractivity contribution in [3.8, 4) is 28.6 Å². The Morgan fingerprint density at radius 3 is 2.32 bits per heavy atom. The van der Waals surface area contributed by atoms with Crippen LogP contribution in [0, 0.1) is 0 Å². The summed E-state index contributed by atoms with van der Waals surface area (Å²) in [6, 6.07) is 8.27. The lowest BCUT2D eigenvalue weighted by molar-refractivity contribution is -0.137. The van der Waals surface area contributed by atoms with E-state index in [0.29, 0.717) is 60.1 Å². The van der Waals surface area contributed by atoms with Gasteiger partial charge in [0.05, 0.1) is 32.6 Å². The largest absolute Gasteiger partial charge is 0.493 e. The molecule has 7 nitrogen and oxygen atoms in total. The van der Waals surface area contributed by atoms with E-state index in [-0.39, 0.29) is 11.4 Å². The van der Waals surface area contributed by atoms with Crippen molar-refractivity contribution in [3.63, 3.8) is 0 Å². The van der Waals surface area contributed by atoms with Crippen LogP contribution in [0.2, 0.25) is 0 Å². The first kappa shape index (κ1) is 23.6. The molecule has 1 aromatic heterocycles. The summed E-state index contributed by atoms with van der Waals surface area (Å²) >= 11 is 0. The van der Waals surface area contributed by atoms with Crippen LogP contribution in [0.5, 0.6) is 17.2 Å². The molecule has 0 amide bonds. The molecular weight excluding hydrogens is 451 g/mol. The second-order valence-electron chi connectivity index (χ2n) is 7.87. The SMILES string of the molecule is COc1ccc(CN2CCc3c(nc(-c4ccc(C(F)(F)F)cc4)[nH]c3=O)C2)c(OC)c1OC. The van der Waals surface area contributed by atoms with E-state index in [1.165, 1.54) is 12.1 Å². The Labute approximate surface area is 194 Å². The Hall–Kier alpha value is -3.53. The van der Waals surface area contributed by atoms with Crippen molar-refractivity contribution < 1.29 is 27.4 Å². The molecule has 1 aliphatic heterocycles. The number of hydrogen-bond donors (Lipinski definition) is 1. The van der Waals surface area contributed by atoms with E-state index >= 15 is 0 Å². The number of H-pyrrole nitrogens is 1. The summed E-state index contributed by atoms with van der Waals surface area (Å²) in [6.45, 7) is 1.56. The lowest BCUT2D eigenvalue weighted by atomic mass is 10.0. The number of nitrogens with zero attached hydrogens (tertiary/aromatic N) is 2. The van der Waals surface area contributed by atoms with Gasteiger partial charge in [-0.3, -0.25) is 9.69 Å². The maximum absolute atomic E-state index is 12.9. The smallest absolute Gasteiger partial charge is 0.416 e. The molecule has 0 radical (unpaired) electrons. The number of ether oxygens (including phenoxy) is 3. The van der Waals surface area contributed by atoms with E-state index in [0.717, 1.165) is 17.7 Å². The first-order valence-electron chi connectivity index (χ1n) is 10.5. The highest BCUT2D eigenvalue weighted by Crippen LogP contribution is 2.40. The Balaban J connectivity index is 1.60. The molecule has 0 fully saturated rings. The molecule has 3 aromatic rings. The fraction of sp³-hybridized carbons (Fsp3) is 0.333. The zero-order valence-corrected chi connectivity index (χ0v) is 19.0. The summed E-state index contributed by atoms with van der Waals surface area (Å²) in [7, 11) is 4.65. The van der Waals surface area contributed by atoms with E-state index in [4.69, 9.17) is 14.2 Å². The number of aromatic nitrogens is 2. The van der Waals surface area contributed by atoms with Gasteiger partial charge in [0.2, 0.25) is 5.75 Å². The van der Waals surface area contributed by atoms with Gasteiger partial charge in [0.15, 0.2) is 11.5 Å². The van der Waals surface area contributed by atoms with Gasteiger partial charge in [0.1, 0.15) is 5.82 Å². The van der Waals surface area contributed by atoms with Gasteiger partial charge in [0.25, 0.3) is 5.56 Å². The molecule has 0 atom stereocenters. The minimum atomic E-state index is -4.43. The average Bonchev–Trinajstić information content (AvgIpc) is 2.82. The third-order valence-corrected chi connectivity index (χ3v) is 5.82. The van der Waals surface area contributed by atoms with Crippen molar-refractivity contribution in [2.75, 3.05) is 27.9 Å². The Bertz CT molecular complexity index is 1240. The molecule has 10 heteroatoms. The van der Waals surface area contributed by atoms with Gasteiger partial charge in [0, 0.05) is 36.3 Å². The molecule has 34 heavy (non-hydrogen) atoms. The van der Waals surface area contributed by atoms with Crippen LogP contribution in [0.15, 0.2) is 41.2 Å². The number of methoxy groups -OCH3 is 3. The minimum absolute atomic E-state index is 0.239. The second kappa shape index (κ2) is 9.38. The molecule has 0 bridgehead atoms. The summed E-state index contributed by atoms with van der Waals surface area (Å²) in [5.41, 5.74) is 1.45. The van der Waals surface area contributed by atoms with Crippen LogP contribution in [0.25, 0.3) is 11.4 Å². The molecule has 4 rings (SSSR count).